The van der Waals surface area contributed by atoms with Crippen molar-refractivity contribution in [1.82, 2.24) is 0 Å². The van der Waals surface area contributed by atoms with E-state index in [4.69, 9.17) is 37.9 Å². The maximum atomic E-state index is 7.41. The van der Waals surface area contributed by atoms with E-state index in [1.165, 1.54) is 0 Å². The summed E-state index contributed by atoms with van der Waals surface area (Å²) < 4.78 is 59.2. The Labute approximate surface area is 525 Å². The van der Waals surface area contributed by atoms with Crippen LogP contribution in [0.15, 0.2) is 146 Å². The smallest absolute Gasteiger partial charge is 0.127 e. The third-order valence-electron chi connectivity index (χ3n) is 20.2. The van der Waals surface area contributed by atoms with Crippen LogP contribution in [0.4, 0.5) is 0 Å². The van der Waals surface area contributed by atoms with Gasteiger partial charge in [0.2, 0.25) is 0 Å². The normalized spacial score (nSPS) is 29.0. The molecule has 0 saturated heterocycles. The average molecular weight is 1190 g/mol. The highest BCUT2D eigenvalue weighted by Crippen LogP contribution is 2.53. The number of hydrogen-bond donors (Lipinski definition) is 0. The van der Waals surface area contributed by atoms with Crippen LogP contribution in [0.3, 0.4) is 0 Å². The number of hydrogen-bond acceptors (Lipinski definition) is 8. The lowest BCUT2D eigenvalue weighted by Crippen LogP contribution is -2.22. The summed E-state index contributed by atoms with van der Waals surface area (Å²) in [6.07, 6.45) is 60.6. The molecule has 0 radical (unpaired) electrons. The summed E-state index contributed by atoms with van der Waals surface area (Å²) in [5, 5.41) is 0. The Balaban J connectivity index is 1.10. The van der Waals surface area contributed by atoms with Crippen LogP contribution in [0.5, 0.6) is 46.0 Å². The van der Waals surface area contributed by atoms with Gasteiger partial charge in [-0.1, -0.05) is 76.3 Å². The lowest BCUT2D eigenvalue weighted by molar-refractivity contribution is 0.211. The minimum atomic E-state index is -0.210. The molecule has 9 aliphatic carbocycles. The van der Waals surface area contributed by atoms with E-state index in [2.05, 4.69) is 173 Å². The molecule has 88 heavy (non-hydrogen) atoms. The Morgan fingerprint density at radius 3 is 0.455 bits per heavy atom. The van der Waals surface area contributed by atoms with E-state index in [1.54, 1.807) is 0 Å². The summed E-state index contributed by atoms with van der Waals surface area (Å²) >= 11 is 0. The van der Waals surface area contributed by atoms with Crippen molar-refractivity contribution in [1.29, 1.82) is 0 Å². The van der Waals surface area contributed by atoms with Gasteiger partial charge in [-0.2, -0.15) is 0 Å². The van der Waals surface area contributed by atoms with Gasteiger partial charge in [0.05, 0.1) is 0 Å². The van der Waals surface area contributed by atoms with Crippen LogP contribution in [0.1, 0.15) is 250 Å². The zero-order valence-electron chi connectivity index (χ0n) is 53.0. The van der Waals surface area contributed by atoms with Crippen LogP contribution in [0.25, 0.3) is 0 Å². The van der Waals surface area contributed by atoms with Crippen LogP contribution in [-0.4, -0.2) is 48.8 Å². The first kappa shape index (κ1) is 60.1. The predicted molar refractivity (Wildman–Crippen MR) is 355 cm³/mol. The second-order valence-electron chi connectivity index (χ2n) is 26.7. The largest absolute Gasteiger partial charge is 0.486 e. The van der Waals surface area contributed by atoms with Crippen molar-refractivity contribution in [2.24, 2.45) is 0 Å². The third kappa shape index (κ3) is 14.1. The third-order valence-corrected chi connectivity index (χ3v) is 20.2. The lowest BCUT2D eigenvalue weighted by atomic mass is 9.80. The summed E-state index contributed by atoms with van der Waals surface area (Å²) in [5.41, 5.74) is 8.74. The fourth-order valence-electron chi connectivity index (χ4n) is 14.9. The van der Waals surface area contributed by atoms with E-state index in [9.17, 15) is 0 Å². The summed E-state index contributed by atoms with van der Waals surface area (Å²) in [4.78, 5) is 0. The highest BCUT2D eigenvalue weighted by molar-refractivity contribution is 5.63. The molecule has 8 heteroatoms. The van der Waals surface area contributed by atoms with Crippen molar-refractivity contribution < 1.29 is 37.9 Å². The molecule has 8 unspecified atom stereocenters. The summed E-state index contributed by atoms with van der Waals surface area (Å²) in [5.74, 6) is 5.89. The van der Waals surface area contributed by atoms with Gasteiger partial charge in [0.1, 0.15) is 94.8 Å². The molecule has 9 aliphatic rings. The van der Waals surface area contributed by atoms with Gasteiger partial charge in [0.15, 0.2) is 0 Å². The van der Waals surface area contributed by atoms with Crippen LogP contribution >= 0.6 is 0 Å². The van der Waals surface area contributed by atoms with Crippen molar-refractivity contribution in [3.8, 4) is 46.0 Å². The monoisotopic (exact) mass is 1180 g/mol. The Kier molecular flexibility index (Phi) is 19.4. The highest BCUT2D eigenvalue weighted by Gasteiger charge is 2.35. The standard InChI is InChI=1S/C80H96O8/c1-53-65-45-67(75(83-59-33-17-7-18-34-59)49-73(65)81-57-29-13-5-14-30-57)54(2)69-47-71(79(87-63-41-25-11-26-42-63)51-77(69)85-61-37-21-9-22-38-61)56(4)72-48-70(78(86-62-39-23-10-24-40-62)52-80(72)88-64-43-27-12-28-44-64)55(3)68-46-66(53)74(82-58-31-15-6-16-32-58)50-76(68)84-60-35-19-8-20-36-60/h13,15,17,19,21,23,25,27,29,31,33,35,37,39,41,43,45-64H,5-12,14,16,18,20,22,24,26,28,30,32,34,36,38,40,42,44H2,1-4H3. The molecule has 0 fully saturated rings. The molecule has 8 atom stereocenters. The van der Waals surface area contributed by atoms with Gasteiger partial charge >= 0.3 is 0 Å². The van der Waals surface area contributed by atoms with Crippen molar-refractivity contribution in [3.05, 3.63) is 190 Å². The van der Waals surface area contributed by atoms with E-state index < -0.39 is 0 Å². The molecule has 8 nitrogen and oxygen atoms in total. The molecule has 13 rings (SSSR count). The van der Waals surface area contributed by atoms with Crippen LogP contribution in [-0.2, 0) is 0 Å². The average Bonchev–Trinajstić information content (AvgIpc) is 2.00. The fraction of sp³-hybridized carbons (Fsp3) is 0.500. The van der Waals surface area contributed by atoms with Crippen molar-refractivity contribution in [3.63, 3.8) is 0 Å². The summed E-state index contributed by atoms with van der Waals surface area (Å²) in [6, 6.07) is 18.8. The molecule has 4 aromatic rings. The maximum Gasteiger partial charge on any atom is 0.127 e. The van der Waals surface area contributed by atoms with Gasteiger partial charge in [0, 0.05) is 92.4 Å². The van der Waals surface area contributed by atoms with E-state index in [0.717, 1.165) is 245 Å². The van der Waals surface area contributed by atoms with E-state index in [1.807, 2.05) is 0 Å². The first-order chi connectivity index (χ1) is 43.2. The minimum absolute atomic E-state index is 0.0758. The number of fused-ring (bicyclic) bond motifs is 8. The van der Waals surface area contributed by atoms with Crippen LogP contribution in [0.2, 0.25) is 0 Å². The molecule has 0 saturated carbocycles. The Bertz CT molecular complexity index is 2700. The molecular weight excluding hydrogens is 1090 g/mol. The Hall–Kier alpha value is -6.80. The summed E-state index contributed by atoms with van der Waals surface area (Å²) in [7, 11) is 0. The van der Waals surface area contributed by atoms with Crippen LogP contribution in [0, 0.1) is 0 Å². The second kappa shape index (κ2) is 28.4. The Morgan fingerprint density at radius 2 is 0.341 bits per heavy atom. The SMILES string of the molecule is CC1c2cc(c(OC3C=CCCC3)cc2OC2C=CCCC2)C(C)c2cc(c(OC3C=CCCC3)cc2OC2C=CCCC2)C(C)c2cc(c(OC3C=CCCC3)cc2OC2C=CCCC2)C(C)c2cc1c(OC1C=CCCC1)cc2OC1C=CCCC1. The highest BCUT2D eigenvalue weighted by atomic mass is 16.5. The molecule has 0 amide bonds. The first-order valence-electron chi connectivity index (χ1n) is 34.6. The molecule has 0 aromatic heterocycles. The number of rotatable bonds is 16. The van der Waals surface area contributed by atoms with Gasteiger partial charge in [-0.15, -0.1) is 0 Å². The molecular formula is C80H96O8. The molecule has 0 N–H and O–H groups in total. The zero-order chi connectivity index (χ0) is 59.8. The fourth-order valence-corrected chi connectivity index (χ4v) is 14.9. The first-order valence-corrected chi connectivity index (χ1v) is 34.6. The maximum absolute atomic E-state index is 7.41. The van der Waals surface area contributed by atoms with Crippen LogP contribution < -0.4 is 37.9 Å². The van der Waals surface area contributed by atoms with Gasteiger partial charge in [0.25, 0.3) is 0 Å². The summed E-state index contributed by atoms with van der Waals surface area (Å²) in [6.45, 7) is 9.45. The molecule has 0 heterocycles. The number of benzene rings is 4. The van der Waals surface area contributed by atoms with Gasteiger partial charge in [-0.3, -0.25) is 0 Å². The molecule has 0 aliphatic heterocycles. The Morgan fingerprint density at radius 1 is 0.205 bits per heavy atom. The second-order valence-corrected chi connectivity index (χ2v) is 26.7. The van der Waals surface area contributed by atoms with E-state index >= 15 is 0 Å². The number of ether oxygens (including phenoxy) is 8. The molecule has 4 aromatic carbocycles. The topological polar surface area (TPSA) is 73.8 Å². The van der Waals surface area contributed by atoms with Crippen molar-refractivity contribution >= 4 is 0 Å². The number of allylic oxidation sites excluding steroid dienone is 8. The lowest BCUT2D eigenvalue weighted by Gasteiger charge is -2.33. The zero-order valence-corrected chi connectivity index (χ0v) is 53.0. The minimum Gasteiger partial charge on any atom is -0.486 e. The van der Waals surface area contributed by atoms with Gasteiger partial charge < -0.3 is 37.9 Å². The van der Waals surface area contributed by atoms with Crippen molar-refractivity contribution in [2.75, 3.05) is 0 Å². The van der Waals surface area contributed by atoms with Gasteiger partial charge in [-0.05, 0) is 227 Å². The molecule has 0 spiro atoms. The molecule has 8 bridgehead atoms. The predicted octanol–water partition coefficient (Wildman–Crippen LogP) is 20.5. The quantitative estimate of drug-likeness (QED) is 0.103. The van der Waals surface area contributed by atoms with E-state index in [-0.39, 0.29) is 72.5 Å². The van der Waals surface area contributed by atoms with Crippen molar-refractivity contribution in [2.45, 2.75) is 254 Å². The van der Waals surface area contributed by atoms with Gasteiger partial charge in [-0.25, -0.2) is 0 Å². The van der Waals surface area contributed by atoms with E-state index in [0.29, 0.717) is 0 Å². The molecule has 464 valence electrons.